The first-order valence-electron chi connectivity index (χ1n) is 4.65. The molecule has 0 aliphatic rings. The van der Waals surface area contributed by atoms with Crippen molar-refractivity contribution in [1.29, 1.82) is 0 Å². The number of benzene rings is 1. The first-order valence-corrected chi connectivity index (χ1v) is 4.65. The Morgan fingerprint density at radius 3 is 2.87 bits per heavy atom. The van der Waals surface area contributed by atoms with Gasteiger partial charge in [0, 0.05) is 0 Å². The molecular formula is C10H12N4O. The highest BCUT2D eigenvalue weighted by Gasteiger charge is 2.21. The third-order valence-electron chi connectivity index (χ3n) is 2.27. The van der Waals surface area contributed by atoms with Crippen LogP contribution in [0.25, 0.3) is 11.0 Å². The highest BCUT2D eigenvalue weighted by molar-refractivity contribution is 5.77. The number of hydrogen-bond acceptors (Lipinski definition) is 4. The molecule has 2 aromatic rings. The molecule has 0 aliphatic carbocycles. The number of rotatable bonds is 2. The van der Waals surface area contributed by atoms with Gasteiger partial charge in [-0.15, -0.1) is 5.10 Å². The first kappa shape index (κ1) is 9.64. The van der Waals surface area contributed by atoms with Crippen LogP contribution in [0.5, 0.6) is 0 Å². The SMILES string of the molecule is CC(C)(C=NO)n1nnc2ccccc21. The molecule has 1 aromatic heterocycles. The zero-order valence-electron chi connectivity index (χ0n) is 8.62. The lowest BCUT2D eigenvalue weighted by Crippen LogP contribution is -2.29. The predicted molar refractivity (Wildman–Crippen MR) is 57.1 cm³/mol. The van der Waals surface area contributed by atoms with Gasteiger partial charge >= 0.3 is 0 Å². The van der Waals surface area contributed by atoms with Crippen LogP contribution in [0.15, 0.2) is 29.4 Å². The number of nitrogens with zero attached hydrogens (tertiary/aromatic N) is 4. The van der Waals surface area contributed by atoms with Gasteiger partial charge in [-0.2, -0.15) is 0 Å². The largest absolute Gasteiger partial charge is 0.411 e. The number of oxime groups is 1. The zero-order chi connectivity index (χ0) is 10.9. The summed E-state index contributed by atoms with van der Waals surface area (Å²) in [5.74, 6) is 0. The van der Waals surface area contributed by atoms with Crippen molar-refractivity contribution in [2.24, 2.45) is 5.16 Å². The standard InChI is InChI=1S/C10H12N4O/c1-10(2,7-11-15)14-9-6-4-3-5-8(9)12-13-14/h3-7,15H,1-2H3. The van der Waals surface area contributed by atoms with Gasteiger partial charge in [0.15, 0.2) is 0 Å². The van der Waals surface area contributed by atoms with Gasteiger partial charge in [0.25, 0.3) is 0 Å². The summed E-state index contributed by atoms with van der Waals surface area (Å²) in [7, 11) is 0. The molecule has 0 radical (unpaired) electrons. The van der Waals surface area contributed by atoms with Crippen molar-refractivity contribution < 1.29 is 5.21 Å². The van der Waals surface area contributed by atoms with E-state index in [1.54, 1.807) is 4.68 Å². The zero-order valence-corrected chi connectivity index (χ0v) is 8.62. The van der Waals surface area contributed by atoms with Gasteiger partial charge in [0.1, 0.15) is 5.52 Å². The highest BCUT2D eigenvalue weighted by atomic mass is 16.4. The minimum absolute atomic E-state index is 0.495. The van der Waals surface area contributed by atoms with Crippen molar-refractivity contribution in [2.75, 3.05) is 0 Å². The van der Waals surface area contributed by atoms with Crippen LogP contribution in [-0.4, -0.2) is 26.4 Å². The third kappa shape index (κ3) is 1.56. The first-order chi connectivity index (χ1) is 7.15. The van der Waals surface area contributed by atoms with Crippen LogP contribution in [-0.2, 0) is 5.54 Å². The van der Waals surface area contributed by atoms with E-state index in [4.69, 9.17) is 5.21 Å². The fourth-order valence-electron chi connectivity index (χ4n) is 1.49. The second-order valence-electron chi connectivity index (χ2n) is 3.89. The molecule has 0 saturated carbocycles. The number of para-hydroxylation sites is 1. The van der Waals surface area contributed by atoms with E-state index in [0.717, 1.165) is 11.0 Å². The minimum atomic E-state index is -0.495. The quantitative estimate of drug-likeness (QED) is 0.459. The Balaban J connectivity index is 2.62. The van der Waals surface area contributed by atoms with E-state index in [0.29, 0.717) is 0 Å². The average molecular weight is 204 g/mol. The fourth-order valence-corrected chi connectivity index (χ4v) is 1.49. The lowest BCUT2D eigenvalue weighted by molar-refractivity contribution is 0.311. The molecule has 5 heteroatoms. The normalized spacial score (nSPS) is 12.7. The van der Waals surface area contributed by atoms with Gasteiger partial charge in [-0.05, 0) is 26.0 Å². The lowest BCUT2D eigenvalue weighted by atomic mass is 10.1. The number of hydrogen-bond donors (Lipinski definition) is 1. The number of aromatic nitrogens is 3. The van der Waals surface area contributed by atoms with E-state index in [2.05, 4.69) is 15.5 Å². The van der Waals surface area contributed by atoms with Crippen LogP contribution in [0.4, 0.5) is 0 Å². The average Bonchev–Trinajstić information content (AvgIpc) is 2.61. The monoisotopic (exact) mass is 204 g/mol. The molecule has 1 heterocycles. The lowest BCUT2D eigenvalue weighted by Gasteiger charge is -2.19. The van der Waals surface area contributed by atoms with Crippen molar-refractivity contribution in [2.45, 2.75) is 19.4 Å². The summed E-state index contributed by atoms with van der Waals surface area (Å²) < 4.78 is 1.72. The molecular weight excluding hydrogens is 192 g/mol. The predicted octanol–water partition coefficient (Wildman–Crippen LogP) is 1.63. The second kappa shape index (κ2) is 3.34. The van der Waals surface area contributed by atoms with Crippen molar-refractivity contribution in [1.82, 2.24) is 15.0 Å². The molecule has 0 spiro atoms. The highest BCUT2D eigenvalue weighted by Crippen LogP contribution is 2.18. The Bertz CT molecular complexity index is 501. The molecule has 0 aliphatic heterocycles. The summed E-state index contributed by atoms with van der Waals surface area (Å²) in [5.41, 5.74) is 1.25. The summed E-state index contributed by atoms with van der Waals surface area (Å²) in [6.07, 6.45) is 1.42. The van der Waals surface area contributed by atoms with Crippen LogP contribution >= 0.6 is 0 Å². The van der Waals surface area contributed by atoms with Gasteiger partial charge in [-0.3, -0.25) is 0 Å². The molecule has 0 unspecified atom stereocenters. The van der Waals surface area contributed by atoms with Gasteiger partial charge in [0.2, 0.25) is 0 Å². The van der Waals surface area contributed by atoms with Crippen molar-refractivity contribution >= 4 is 17.2 Å². The van der Waals surface area contributed by atoms with E-state index in [-0.39, 0.29) is 0 Å². The molecule has 1 N–H and O–H groups in total. The van der Waals surface area contributed by atoms with E-state index < -0.39 is 5.54 Å². The summed E-state index contributed by atoms with van der Waals surface area (Å²) in [6.45, 7) is 3.79. The van der Waals surface area contributed by atoms with Crippen LogP contribution in [0.3, 0.4) is 0 Å². The maximum atomic E-state index is 8.58. The molecule has 0 fully saturated rings. The Hall–Kier alpha value is -1.91. The van der Waals surface area contributed by atoms with Crippen molar-refractivity contribution in [3.63, 3.8) is 0 Å². The molecule has 15 heavy (non-hydrogen) atoms. The van der Waals surface area contributed by atoms with Gasteiger partial charge < -0.3 is 5.21 Å². The van der Waals surface area contributed by atoms with Crippen LogP contribution in [0.1, 0.15) is 13.8 Å². The fraction of sp³-hybridized carbons (Fsp3) is 0.300. The van der Waals surface area contributed by atoms with Gasteiger partial charge in [-0.1, -0.05) is 22.5 Å². The Labute approximate surface area is 87.0 Å². The molecule has 0 bridgehead atoms. The van der Waals surface area contributed by atoms with E-state index >= 15 is 0 Å². The van der Waals surface area contributed by atoms with E-state index in [1.807, 2.05) is 38.1 Å². The molecule has 1 aromatic carbocycles. The maximum Gasteiger partial charge on any atom is 0.113 e. The molecule has 5 nitrogen and oxygen atoms in total. The van der Waals surface area contributed by atoms with E-state index in [9.17, 15) is 0 Å². The molecule has 0 amide bonds. The molecule has 78 valence electrons. The van der Waals surface area contributed by atoms with E-state index in [1.165, 1.54) is 6.21 Å². The minimum Gasteiger partial charge on any atom is -0.411 e. The van der Waals surface area contributed by atoms with Crippen molar-refractivity contribution in [3.8, 4) is 0 Å². The van der Waals surface area contributed by atoms with Crippen molar-refractivity contribution in [3.05, 3.63) is 24.3 Å². The third-order valence-corrected chi connectivity index (χ3v) is 2.27. The van der Waals surface area contributed by atoms with Crippen LogP contribution in [0.2, 0.25) is 0 Å². The van der Waals surface area contributed by atoms with Gasteiger partial charge in [-0.25, -0.2) is 4.68 Å². The Morgan fingerprint density at radius 2 is 2.13 bits per heavy atom. The number of fused-ring (bicyclic) bond motifs is 1. The topological polar surface area (TPSA) is 63.3 Å². The molecule has 0 atom stereocenters. The summed E-state index contributed by atoms with van der Waals surface area (Å²) in [5, 5.41) is 19.7. The Morgan fingerprint density at radius 1 is 1.40 bits per heavy atom. The van der Waals surface area contributed by atoms with Crippen LogP contribution < -0.4 is 0 Å². The Kier molecular flexibility index (Phi) is 2.15. The maximum absolute atomic E-state index is 8.58. The summed E-state index contributed by atoms with van der Waals surface area (Å²) >= 11 is 0. The summed E-state index contributed by atoms with van der Waals surface area (Å²) in [6, 6.07) is 7.66. The second-order valence-corrected chi connectivity index (χ2v) is 3.89. The van der Waals surface area contributed by atoms with Crippen LogP contribution in [0, 0.1) is 0 Å². The molecule has 0 saturated heterocycles. The smallest absolute Gasteiger partial charge is 0.113 e. The molecule has 2 rings (SSSR count). The summed E-state index contributed by atoms with van der Waals surface area (Å²) in [4.78, 5) is 0. The van der Waals surface area contributed by atoms with Gasteiger partial charge in [0.05, 0.1) is 17.3 Å².